The highest BCUT2D eigenvalue weighted by molar-refractivity contribution is 8.01. The summed E-state index contributed by atoms with van der Waals surface area (Å²) in [6.45, 7) is 6.79. The van der Waals surface area contributed by atoms with Gasteiger partial charge in [-0.25, -0.2) is 14.5 Å². The number of likely N-dealkylation sites (N-methyl/N-ethyl adjacent to an activating group) is 1. The molecule has 4 heterocycles. The molecule has 1 fully saturated rings. The number of halogens is 2. The number of ether oxygens (including phenoxy) is 2. The van der Waals surface area contributed by atoms with Gasteiger partial charge in [-0.3, -0.25) is 19.3 Å². The number of fused-ring (bicyclic) bond motifs is 1. The Morgan fingerprint density at radius 1 is 1.21 bits per heavy atom. The number of hydrogen-bond donors (Lipinski definition) is 2. The zero-order chi connectivity index (χ0) is 32.7. The molecule has 2 aliphatic heterocycles. The van der Waals surface area contributed by atoms with Gasteiger partial charge in [0.15, 0.2) is 5.13 Å². The lowest BCUT2D eigenvalue weighted by atomic mass is 10.00. The predicted octanol–water partition coefficient (Wildman–Crippen LogP) is 2.36. The van der Waals surface area contributed by atoms with Crippen molar-refractivity contribution >= 4 is 88.6 Å². The van der Waals surface area contributed by atoms with Gasteiger partial charge in [0.05, 0.1) is 18.7 Å². The average molecular weight is 755 g/mol. The van der Waals surface area contributed by atoms with Crippen LogP contribution < -0.4 is 11.1 Å². The first kappa shape index (κ1) is 40.5. The summed E-state index contributed by atoms with van der Waals surface area (Å²) in [6.07, 6.45) is 0.698. The smallest absolute Gasteiger partial charge is 0.358 e. The first-order chi connectivity index (χ1) is 21.5. The Morgan fingerprint density at radius 3 is 2.57 bits per heavy atom. The summed E-state index contributed by atoms with van der Waals surface area (Å²) in [6, 6.07) is -0.830. The molecular formula is C27H41Cl2N9O6S3. The van der Waals surface area contributed by atoms with E-state index in [9.17, 15) is 19.2 Å². The number of thioether (sulfide) groups is 2. The van der Waals surface area contributed by atoms with E-state index in [4.69, 9.17) is 15.2 Å². The van der Waals surface area contributed by atoms with Gasteiger partial charge in [0.2, 0.25) is 17.4 Å². The molecule has 4 rings (SSSR count). The molecule has 0 bridgehead atoms. The molecule has 1 unspecified atom stereocenters. The van der Waals surface area contributed by atoms with Crippen molar-refractivity contribution < 1.29 is 28.7 Å². The van der Waals surface area contributed by atoms with Gasteiger partial charge in [-0.2, -0.15) is 0 Å². The molecule has 2 amide bonds. The third-order valence-corrected chi connectivity index (χ3v) is 10.4. The van der Waals surface area contributed by atoms with Crippen molar-refractivity contribution in [1.29, 1.82) is 0 Å². The lowest BCUT2D eigenvalue weighted by Crippen LogP contribution is -2.70. The van der Waals surface area contributed by atoms with Gasteiger partial charge in [0, 0.05) is 36.8 Å². The minimum Gasteiger partial charge on any atom is -0.425 e. The van der Waals surface area contributed by atoms with Crippen molar-refractivity contribution in [3.63, 3.8) is 0 Å². The van der Waals surface area contributed by atoms with Gasteiger partial charge in [-0.05, 0) is 36.0 Å². The summed E-state index contributed by atoms with van der Waals surface area (Å²) < 4.78 is 12.6. The Hall–Kier alpha value is -2.64. The van der Waals surface area contributed by atoms with Crippen molar-refractivity contribution in [2.75, 3.05) is 37.9 Å². The summed E-state index contributed by atoms with van der Waals surface area (Å²) in [5, 5.41) is 16.8. The maximum Gasteiger partial charge on any atom is 0.358 e. The molecule has 3 atom stereocenters. The number of anilines is 1. The van der Waals surface area contributed by atoms with E-state index in [0.717, 1.165) is 19.4 Å². The summed E-state index contributed by atoms with van der Waals surface area (Å²) in [4.78, 5) is 59.7. The van der Waals surface area contributed by atoms with Crippen molar-refractivity contribution in [2.24, 2.45) is 5.92 Å². The topological polar surface area (TPSA) is 188 Å². The molecule has 0 aliphatic carbocycles. The molecule has 47 heavy (non-hydrogen) atoms. The van der Waals surface area contributed by atoms with Crippen molar-refractivity contribution in [3.8, 4) is 0 Å². The third kappa shape index (κ3) is 10.7. The minimum absolute atomic E-state index is 0. The van der Waals surface area contributed by atoms with E-state index in [-0.39, 0.29) is 55.2 Å². The highest BCUT2D eigenvalue weighted by Gasteiger charge is 2.54. The summed E-state index contributed by atoms with van der Waals surface area (Å²) >= 11 is 4.00. The largest absolute Gasteiger partial charge is 0.425 e. The van der Waals surface area contributed by atoms with Crippen LogP contribution in [0.1, 0.15) is 45.7 Å². The second-order valence-electron chi connectivity index (χ2n) is 10.9. The van der Waals surface area contributed by atoms with Gasteiger partial charge in [-0.1, -0.05) is 38.5 Å². The van der Waals surface area contributed by atoms with Gasteiger partial charge in [0.1, 0.15) is 17.1 Å². The average Bonchev–Trinajstić information content (AvgIpc) is 3.63. The lowest BCUT2D eigenvalue weighted by Gasteiger charge is -2.49. The highest BCUT2D eigenvalue weighted by atomic mass is 35.5. The molecular weight excluding hydrogens is 713 g/mol. The predicted molar refractivity (Wildman–Crippen MR) is 184 cm³/mol. The maximum absolute atomic E-state index is 13.6. The van der Waals surface area contributed by atoms with E-state index in [2.05, 4.69) is 25.8 Å². The second-order valence-corrected chi connectivity index (χ2v) is 13.8. The summed E-state index contributed by atoms with van der Waals surface area (Å²) in [5.41, 5.74) is 6.89. The molecule has 2 aromatic heterocycles. The van der Waals surface area contributed by atoms with Crippen LogP contribution in [0.5, 0.6) is 0 Å². The monoisotopic (exact) mass is 753 g/mol. The van der Waals surface area contributed by atoms with Gasteiger partial charge in [-0.15, -0.1) is 53.0 Å². The first-order valence-corrected chi connectivity index (χ1v) is 17.5. The fourth-order valence-corrected chi connectivity index (χ4v) is 7.69. The van der Waals surface area contributed by atoms with Crippen molar-refractivity contribution in [1.82, 2.24) is 40.3 Å². The molecule has 0 spiro atoms. The van der Waals surface area contributed by atoms with Crippen LogP contribution in [0.25, 0.3) is 0 Å². The number of esters is 2. The van der Waals surface area contributed by atoms with Gasteiger partial charge >= 0.3 is 11.9 Å². The van der Waals surface area contributed by atoms with E-state index >= 15 is 0 Å². The Morgan fingerprint density at radius 2 is 1.94 bits per heavy atom. The number of aromatic nitrogens is 5. The Labute approximate surface area is 298 Å². The molecule has 1 saturated heterocycles. The Bertz CT molecular complexity index is 1420. The lowest BCUT2D eigenvalue weighted by molar-refractivity contribution is -0.184. The molecule has 3 N–H and O–H groups in total. The zero-order valence-corrected chi connectivity index (χ0v) is 30.8. The number of nitrogen functional groups attached to an aromatic ring is 1. The number of nitrogens with two attached hydrogens (primary N) is 1. The molecule has 0 saturated carbocycles. The normalized spacial score (nSPS) is 17.8. The number of carbonyl (C=O) groups is 4. The van der Waals surface area contributed by atoms with E-state index in [1.54, 1.807) is 10.1 Å². The minimum atomic E-state index is -1.16. The number of nitrogens with one attached hydrogen (secondary N) is 1. The van der Waals surface area contributed by atoms with Crippen LogP contribution >= 0.6 is 59.7 Å². The van der Waals surface area contributed by atoms with Crippen molar-refractivity contribution in [3.05, 3.63) is 22.3 Å². The molecule has 2 aromatic rings. The van der Waals surface area contributed by atoms with E-state index < -0.39 is 35.6 Å². The number of rotatable bonds is 16. The maximum atomic E-state index is 13.6. The van der Waals surface area contributed by atoms with Crippen LogP contribution in [0.2, 0.25) is 0 Å². The number of thiazole rings is 1. The number of hydrogen-bond acceptors (Lipinski definition) is 15. The van der Waals surface area contributed by atoms with Crippen LogP contribution in [0.15, 0.2) is 21.8 Å². The Balaban J connectivity index is 0.00000384. The SMILES string of the molecule is CCC(CC)CC(=O)OC(C)OC(=O)C1=C(CSc2nnnn2CCN(C)C)CS[C@@H]2[C@H](NC(=O)Cc3csc(N)n3)C(=O)N12.Cl.Cl. The van der Waals surface area contributed by atoms with E-state index in [1.807, 2.05) is 32.8 Å². The standard InChI is InChI=1S/C27H39N9O6S3.2ClH/c1-6-16(7-2)10-20(38)41-15(3)42-25(40)22-17(13-45-27-31-32-33-35(27)9-8-34(4)5)12-43-24-21(23(39)36(22)24)30-19(37)11-18-14-44-26(28)29-18;;/h14-16,21,24H,6-13H2,1-5H3,(H2,28,29)(H,30,37);2*1H/t15?,21-,24-;;/m1../s1. The number of β-lactam (4-membered cyclic amide) rings is 1. The van der Waals surface area contributed by atoms with Gasteiger partial charge < -0.3 is 25.4 Å². The Kier molecular flexibility index (Phi) is 16.2. The third-order valence-electron chi connectivity index (χ3n) is 7.28. The molecule has 15 nitrogen and oxygen atoms in total. The second kappa shape index (κ2) is 18.8. The van der Waals surface area contributed by atoms with Crippen LogP contribution in [0.3, 0.4) is 0 Å². The number of nitrogens with zero attached hydrogens (tertiary/aromatic N) is 7. The van der Waals surface area contributed by atoms with Crippen LogP contribution in [0, 0.1) is 5.92 Å². The van der Waals surface area contributed by atoms with E-state index in [0.29, 0.717) is 39.6 Å². The fourth-order valence-electron chi connectivity index (χ4n) is 4.74. The molecule has 20 heteroatoms. The molecule has 262 valence electrons. The fraction of sp³-hybridized carbons (Fsp3) is 0.630. The highest BCUT2D eigenvalue weighted by Crippen LogP contribution is 2.42. The summed E-state index contributed by atoms with van der Waals surface area (Å²) in [5.74, 6) is -1.19. The van der Waals surface area contributed by atoms with Gasteiger partial charge in [0.25, 0.3) is 5.91 Å². The molecule has 0 aromatic carbocycles. The molecule has 0 radical (unpaired) electrons. The zero-order valence-electron chi connectivity index (χ0n) is 26.7. The quantitative estimate of drug-likeness (QED) is 0.110. The van der Waals surface area contributed by atoms with Crippen LogP contribution in [-0.2, 0) is 41.6 Å². The van der Waals surface area contributed by atoms with Crippen LogP contribution in [0.4, 0.5) is 5.13 Å². The first-order valence-electron chi connectivity index (χ1n) is 14.6. The summed E-state index contributed by atoms with van der Waals surface area (Å²) in [7, 11) is 3.91. The van der Waals surface area contributed by atoms with E-state index in [1.165, 1.54) is 46.7 Å². The number of amides is 2. The van der Waals surface area contributed by atoms with Crippen LogP contribution in [-0.4, -0.2) is 109 Å². The number of carbonyl (C=O) groups excluding carboxylic acids is 4. The number of tetrazole rings is 1. The van der Waals surface area contributed by atoms with Crippen molar-refractivity contribution in [2.45, 2.75) is 75.9 Å². The molecule has 2 aliphatic rings.